The highest BCUT2D eigenvalue weighted by Gasteiger charge is 2.30. The molecule has 1 atom stereocenters. The number of hydrogen-bond acceptors (Lipinski definition) is 2. The van der Waals surface area contributed by atoms with Gasteiger partial charge in [0.2, 0.25) is 0 Å². The van der Waals surface area contributed by atoms with E-state index in [9.17, 15) is 18.3 Å². The second-order valence-corrected chi connectivity index (χ2v) is 4.86. The summed E-state index contributed by atoms with van der Waals surface area (Å²) in [5.41, 5.74) is 0.642. The van der Waals surface area contributed by atoms with E-state index in [0.29, 0.717) is 6.42 Å². The van der Waals surface area contributed by atoms with Crippen molar-refractivity contribution in [2.45, 2.75) is 31.5 Å². The molecule has 0 aliphatic heterocycles. The second-order valence-electron chi connectivity index (χ2n) is 4.86. The summed E-state index contributed by atoms with van der Waals surface area (Å²) in [6.45, 7) is 0. The van der Waals surface area contributed by atoms with Gasteiger partial charge in [-0.05, 0) is 37.0 Å². The molecule has 112 valence electrons. The van der Waals surface area contributed by atoms with Crippen molar-refractivity contribution in [3.05, 3.63) is 65.5 Å². The first-order chi connectivity index (χ1) is 9.97. The number of aliphatic hydroxyl groups is 1. The van der Waals surface area contributed by atoms with Gasteiger partial charge < -0.3 is 5.11 Å². The van der Waals surface area contributed by atoms with E-state index in [1.807, 2.05) is 30.3 Å². The van der Waals surface area contributed by atoms with Crippen molar-refractivity contribution in [2.75, 3.05) is 0 Å². The molecule has 2 aromatic rings. The van der Waals surface area contributed by atoms with Crippen LogP contribution in [0.5, 0.6) is 0 Å². The highest BCUT2D eigenvalue weighted by Crippen LogP contribution is 2.29. The lowest BCUT2D eigenvalue weighted by atomic mass is 10.0. The number of alkyl halides is 3. The molecule has 5 heteroatoms. The van der Waals surface area contributed by atoms with Crippen molar-refractivity contribution in [3.63, 3.8) is 0 Å². The van der Waals surface area contributed by atoms with Gasteiger partial charge in [-0.1, -0.05) is 30.3 Å². The van der Waals surface area contributed by atoms with E-state index in [0.717, 1.165) is 25.1 Å². The zero-order chi connectivity index (χ0) is 15.3. The van der Waals surface area contributed by atoms with Gasteiger partial charge in [-0.15, -0.1) is 0 Å². The van der Waals surface area contributed by atoms with Crippen LogP contribution in [0, 0.1) is 0 Å². The van der Waals surface area contributed by atoms with Crippen molar-refractivity contribution < 1.29 is 18.3 Å². The maximum Gasteiger partial charge on any atom is 0.417 e. The fourth-order valence-corrected chi connectivity index (χ4v) is 2.06. The van der Waals surface area contributed by atoms with E-state index >= 15 is 0 Å². The van der Waals surface area contributed by atoms with E-state index < -0.39 is 17.8 Å². The number of rotatable bonds is 5. The van der Waals surface area contributed by atoms with Crippen molar-refractivity contribution in [3.8, 4) is 0 Å². The first kappa shape index (κ1) is 15.5. The predicted molar refractivity (Wildman–Crippen MR) is 73.6 cm³/mol. The van der Waals surface area contributed by atoms with Crippen LogP contribution < -0.4 is 0 Å². The number of aryl methyl sites for hydroxylation is 1. The maximum absolute atomic E-state index is 12.4. The van der Waals surface area contributed by atoms with Crippen LogP contribution in [0.4, 0.5) is 13.2 Å². The fourth-order valence-electron chi connectivity index (χ4n) is 2.06. The van der Waals surface area contributed by atoms with Gasteiger partial charge in [-0.3, -0.25) is 4.98 Å². The van der Waals surface area contributed by atoms with Crippen LogP contribution in [0.15, 0.2) is 48.7 Å². The van der Waals surface area contributed by atoms with Crippen LogP contribution >= 0.6 is 0 Å². The number of pyridine rings is 1. The van der Waals surface area contributed by atoms with Crippen LogP contribution in [0.3, 0.4) is 0 Å². The molecule has 0 saturated heterocycles. The smallest absolute Gasteiger partial charge is 0.387 e. The lowest BCUT2D eigenvalue weighted by molar-refractivity contribution is -0.137. The van der Waals surface area contributed by atoms with Gasteiger partial charge in [-0.25, -0.2) is 0 Å². The minimum absolute atomic E-state index is 0.274. The molecule has 0 spiro atoms. The van der Waals surface area contributed by atoms with Crippen molar-refractivity contribution in [1.29, 1.82) is 0 Å². The number of hydrogen-bond donors (Lipinski definition) is 1. The minimum Gasteiger partial charge on any atom is -0.387 e. The normalized spacial score (nSPS) is 13.1. The fraction of sp³-hybridized carbons (Fsp3) is 0.312. The molecular formula is C16H16F3NO. The predicted octanol–water partition coefficient (Wildman–Crippen LogP) is 4.16. The van der Waals surface area contributed by atoms with Gasteiger partial charge in [0.15, 0.2) is 0 Å². The molecule has 21 heavy (non-hydrogen) atoms. The first-order valence-corrected chi connectivity index (χ1v) is 6.72. The third kappa shape index (κ3) is 4.56. The number of aliphatic hydroxyl groups excluding tert-OH is 1. The molecule has 0 radical (unpaired) electrons. The SMILES string of the molecule is OC(CCCc1ccccc1)c1ccc(C(F)(F)F)cn1. The molecule has 1 N–H and O–H groups in total. The minimum atomic E-state index is -4.40. The number of benzene rings is 1. The quantitative estimate of drug-likeness (QED) is 0.898. The standard InChI is InChI=1S/C16H16F3NO/c17-16(18,19)13-9-10-14(20-11-13)15(21)8-4-7-12-5-2-1-3-6-12/h1-3,5-6,9-11,15,21H,4,7-8H2. The molecule has 2 nitrogen and oxygen atoms in total. The molecule has 0 fully saturated rings. The third-order valence-electron chi connectivity index (χ3n) is 3.24. The zero-order valence-electron chi connectivity index (χ0n) is 11.3. The van der Waals surface area contributed by atoms with E-state index in [1.165, 1.54) is 11.6 Å². The summed E-state index contributed by atoms with van der Waals surface area (Å²) in [4.78, 5) is 3.70. The Labute approximate surface area is 121 Å². The molecule has 1 aromatic heterocycles. The summed E-state index contributed by atoms with van der Waals surface area (Å²) in [5.74, 6) is 0. The van der Waals surface area contributed by atoms with Crippen molar-refractivity contribution >= 4 is 0 Å². The zero-order valence-corrected chi connectivity index (χ0v) is 11.3. The van der Waals surface area contributed by atoms with Crippen LogP contribution in [0.2, 0.25) is 0 Å². The monoisotopic (exact) mass is 295 g/mol. The number of aromatic nitrogens is 1. The van der Waals surface area contributed by atoms with Crippen molar-refractivity contribution in [1.82, 2.24) is 4.98 Å². The Bertz CT molecular complexity index is 552. The number of halogens is 3. The lowest BCUT2D eigenvalue weighted by Crippen LogP contribution is -2.07. The van der Waals surface area contributed by atoms with E-state index in [4.69, 9.17) is 0 Å². The van der Waals surface area contributed by atoms with Gasteiger partial charge in [0.1, 0.15) is 0 Å². The average Bonchev–Trinajstić information content (AvgIpc) is 2.47. The summed E-state index contributed by atoms with van der Waals surface area (Å²) in [6, 6.07) is 12.0. The highest BCUT2D eigenvalue weighted by atomic mass is 19.4. The molecule has 2 rings (SSSR count). The van der Waals surface area contributed by atoms with Gasteiger partial charge in [0.25, 0.3) is 0 Å². The Morgan fingerprint density at radius 2 is 1.76 bits per heavy atom. The highest BCUT2D eigenvalue weighted by molar-refractivity contribution is 5.18. The van der Waals surface area contributed by atoms with E-state index in [2.05, 4.69) is 4.98 Å². The lowest BCUT2D eigenvalue weighted by Gasteiger charge is -2.11. The molecule has 0 saturated carbocycles. The Kier molecular flexibility index (Phi) is 4.96. The summed E-state index contributed by atoms with van der Waals surface area (Å²) >= 11 is 0. The maximum atomic E-state index is 12.4. The van der Waals surface area contributed by atoms with Gasteiger partial charge >= 0.3 is 6.18 Å². The third-order valence-corrected chi connectivity index (χ3v) is 3.24. The summed E-state index contributed by atoms with van der Waals surface area (Å²) in [7, 11) is 0. The summed E-state index contributed by atoms with van der Waals surface area (Å²) < 4.78 is 37.2. The number of nitrogens with zero attached hydrogens (tertiary/aromatic N) is 1. The molecule has 0 amide bonds. The Morgan fingerprint density at radius 3 is 2.33 bits per heavy atom. The molecule has 0 aliphatic rings. The van der Waals surface area contributed by atoms with Gasteiger partial charge in [0, 0.05) is 6.20 Å². The summed E-state index contributed by atoms with van der Waals surface area (Å²) in [5, 5.41) is 9.95. The Balaban J connectivity index is 1.87. The Morgan fingerprint density at radius 1 is 1.05 bits per heavy atom. The van der Waals surface area contributed by atoms with Gasteiger partial charge in [-0.2, -0.15) is 13.2 Å². The van der Waals surface area contributed by atoms with Crippen LogP contribution in [-0.4, -0.2) is 10.1 Å². The van der Waals surface area contributed by atoms with Gasteiger partial charge in [0.05, 0.1) is 17.4 Å². The molecule has 1 heterocycles. The molecule has 1 unspecified atom stereocenters. The van der Waals surface area contributed by atoms with Crippen molar-refractivity contribution in [2.24, 2.45) is 0 Å². The van der Waals surface area contributed by atoms with E-state index in [-0.39, 0.29) is 5.69 Å². The molecular weight excluding hydrogens is 279 g/mol. The molecule has 0 bridgehead atoms. The van der Waals surface area contributed by atoms with Crippen LogP contribution in [0.25, 0.3) is 0 Å². The average molecular weight is 295 g/mol. The second kappa shape index (κ2) is 6.72. The molecule has 0 aliphatic carbocycles. The molecule has 1 aromatic carbocycles. The largest absolute Gasteiger partial charge is 0.417 e. The van der Waals surface area contributed by atoms with E-state index in [1.54, 1.807) is 0 Å². The first-order valence-electron chi connectivity index (χ1n) is 6.72. The summed E-state index contributed by atoms with van der Waals surface area (Å²) in [6.07, 6.45) is -2.45. The topological polar surface area (TPSA) is 33.1 Å². The Hall–Kier alpha value is -1.88. The van der Waals surface area contributed by atoms with Crippen LogP contribution in [0.1, 0.15) is 35.8 Å². The van der Waals surface area contributed by atoms with Crippen LogP contribution in [-0.2, 0) is 12.6 Å².